The van der Waals surface area contributed by atoms with Gasteiger partial charge in [-0.2, -0.15) is 57.1 Å². The Labute approximate surface area is 151 Å². The van der Waals surface area contributed by atoms with Crippen LogP contribution >= 0.6 is 0 Å². The third-order valence-corrected chi connectivity index (χ3v) is 2.89. The minimum atomic E-state index is -7.64. The van der Waals surface area contributed by atoms with Crippen molar-refractivity contribution in [2.75, 3.05) is 0 Å². The van der Waals surface area contributed by atoms with Crippen LogP contribution in [0.3, 0.4) is 0 Å². The summed E-state index contributed by atoms with van der Waals surface area (Å²) < 4.78 is 195. The fourth-order valence-corrected chi connectivity index (χ4v) is 1.21. The van der Waals surface area contributed by atoms with Crippen LogP contribution in [0.25, 0.3) is 0 Å². The maximum absolute atomic E-state index is 13.3. The second kappa shape index (κ2) is 7.85. The summed E-state index contributed by atoms with van der Waals surface area (Å²) in [6, 6.07) is -3.96. The first kappa shape index (κ1) is 28.3. The van der Waals surface area contributed by atoms with Crippen molar-refractivity contribution >= 4 is 10.1 Å². The molecule has 1 unspecified atom stereocenters. The normalized spacial score (nSPS) is 16.2. The number of ether oxygens (including phenoxy) is 2. The van der Waals surface area contributed by atoms with Crippen molar-refractivity contribution in [1.82, 2.24) is 0 Å². The summed E-state index contributed by atoms with van der Waals surface area (Å²) in [5.41, 5.74) is 0. The molecule has 0 aromatic heterocycles. The molecule has 0 N–H and O–H groups in total. The van der Waals surface area contributed by atoms with Gasteiger partial charge in [-0.15, -0.1) is 0 Å². The summed E-state index contributed by atoms with van der Waals surface area (Å²) in [5.74, 6) is -7.54. The molecule has 0 saturated carbocycles. The molecule has 0 bridgehead atoms. The number of alkyl halides is 10. The zero-order valence-electron chi connectivity index (χ0n) is 11.9. The van der Waals surface area contributed by atoms with Gasteiger partial charge in [0.1, 0.15) is 0 Å². The standard InChI is InChI=1S/C7HF13O5S.Li/c8-1(9)2(10)24-5(15,16)3(11,4(12,13)14)25-6(17,18)7(19,20)26(21,22)23;/h(H,21,22,23);/q;+1/p-1. The smallest absolute Gasteiger partial charge is 0.743 e. The van der Waals surface area contributed by atoms with Crippen LogP contribution in [0.2, 0.25) is 0 Å². The van der Waals surface area contributed by atoms with Crippen LogP contribution in [-0.2, 0) is 19.6 Å². The summed E-state index contributed by atoms with van der Waals surface area (Å²) in [4.78, 5) is 0. The predicted octanol–water partition coefficient (Wildman–Crippen LogP) is 0.610. The minimum Gasteiger partial charge on any atom is -0.743 e. The van der Waals surface area contributed by atoms with Gasteiger partial charge in [-0.25, -0.2) is 8.42 Å². The molecule has 0 aromatic rings. The Morgan fingerprint density at radius 3 is 1.41 bits per heavy atom. The van der Waals surface area contributed by atoms with Gasteiger partial charge in [0.05, 0.1) is 0 Å². The summed E-state index contributed by atoms with van der Waals surface area (Å²) in [6.45, 7) is 0. The summed E-state index contributed by atoms with van der Waals surface area (Å²) in [5, 5.41) is -7.27. The van der Waals surface area contributed by atoms with Crippen molar-refractivity contribution < 1.29 is 98.4 Å². The van der Waals surface area contributed by atoms with Crippen LogP contribution < -0.4 is 18.9 Å². The fraction of sp³-hybridized carbons (Fsp3) is 0.714. The molecule has 27 heavy (non-hydrogen) atoms. The zero-order chi connectivity index (χ0) is 21.6. The molecular formula is C7F13LiO5S. The number of halogens is 13. The molecule has 0 aliphatic rings. The molecule has 0 saturated heterocycles. The first-order valence-electron chi connectivity index (χ1n) is 4.98. The molecule has 0 fully saturated rings. The summed E-state index contributed by atoms with van der Waals surface area (Å²) >= 11 is 0. The first-order valence-corrected chi connectivity index (χ1v) is 6.39. The molecular weight excluding hydrogens is 450 g/mol. The van der Waals surface area contributed by atoms with E-state index in [9.17, 15) is 70.0 Å². The Morgan fingerprint density at radius 1 is 0.778 bits per heavy atom. The second-order valence-electron chi connectivity index (χ2n) is 3.84. The van der Waals surface area contributed by atoms with Crippen LogP contribution in [0.1, 0.15) is 0 Å². The zero-order valence-corrected chi connectivity index (χ0v) is 12.7. The third kappa shape index (κ3) is 5.33. The van der Waals surface area contributed by atoms with Gasteiger partial charge in [-0.05, 0) is 0 Å². The minimum absolute atomic E-state index is 0. The van der Waals surface area contributed by atoms with E-state index in [0.717, 1.165) is 0 Å². The topological polar surface area (TPSA) is 75.7 Å². The van der Waals surface area contributed by atoms with Crippen LogP contribution in [0.15, 0.2) is 12.1 Å². The summed E-state index contributed by atoms with van der Waals surface area (Å²) in [7, 11) is -7.64. The average molecular weight is 450 g/mol. The molecule has 0 spiro atoms. The van der Waals surface area contributed by atoms with E-state index in [4.69, 9.17) is 0 Å². The molecule has 20 heteroatoms. The summed E-state index contributed by atoms with van der Waals surface area (Å²) in [6.07, 6.45) is -26.2. The van der Waals surface area contributed by atoms with E-state index >= 15 is 0 Å². The monoisotopic (exact) mass is 450 g/mol. The number of hydrogen-bond donors (Lipinski definition) is 0. The molecule has 0 aromatic carbocycles. The van der Waals surface area contributed by atoms with Crippen molar-refractivity contribution in [3.8, 4) is 0 Å². The quantitative estimate of drug-likeness (QED) is 0.246. The predicted molar refractivity (Wildman–Crippen MR) is 47.0 cm³/mol. The molecule has 5 nitrogen and oxygen atoms in total. The molecule has 0 aliphatic carbocycles. The Kier molecular flexibility index (Phi) is 8.23. The molecule has 1 atom stereocenters. The van der Waals surface area contributed by atoms with Crippen LogP contribution in [0.4, 0.5) is 57.1 Å². The largest absolute Gasteiger partial charge is 1.00 e. The Hall–Kier alpha value is -0.903. The van der Waals surface area contributed by atoms with Crippen molar-refractivity contribution in [2.45, 2.75) is 29.5 Å². The Bertz CT molecular complexity index is 669. The maximum Gasteiger partial charge on any atom is 1.00 e. The molecule has 156 valence electrons. The van der Waals surface area contributed by atoms with Crippen LogP contribution in [0, 0.1) is 0 Å². The van der Waals surface area contributed by atoms with E-state index < -0.39 is 51.7 Å². The van der Waals surface area contributed by atoms with Crippen LogP contribution in [-0.4, -0.2) is 42.5 Å². The van der Waals surface area contributed by atoms with Gasteiger partial charge in [0, 0.05) is 0 Å². The van der Waals surface area contributed by atoms with Gasteiger partial charge < -0.3 is 9.29 Å². The molecule has 0 heterocycles. The van der Waals surface area contributed by atoms with Gasteiger partial charge in [-0.1, -0.05) is 0 Å². The van der Waals surface area contributed by atoms with E-state index in [1.165, 1.54) is 4.74 Å². The van der Waals surface area contributed by atoms with E-state index in [0.29, 0.717) is 0 Å². The van der Waals surface area contributed by atoms with Crippen LogP contribution in [0.5, 0.6) is 0 Å². The molecule has 0 rings (SSSR count). The maximum atomic E-state index is 13.3. The third-order valence-electron chi connectivity index (χ3n) is 2.03. The number of hydrogen-bond acceptors (Lipinski definition) is 5. The fourth-order valence-electron chi connectivity index (χ4n) is 0.881. The first-order chi connectivity index (χ1) is 11.0. The van der Waals surface area contributed by atoms with Gasteiger partial charge >= 0.3 is 60.5 Å². The van der Waals surface area contributed by atoms with E-state index in [1.54, 1.807) is 0 Å². The van der Waals surface area contributed by atoms with Gasteiger partial charge in [-0.3, -0.25) is 4.74 Å². The van der Waals surface area contributed by atoms with Crippen molar-refractivity contribution in [3.63, 3.8) is 0 Å². The van der Waals surface area contributed by atoms with Crippen molar-refractivity contribution in [2.24, 2.45) is 0 Å². The van der Waals surface area contributed by atoms with E-state index in [2.05, 4.69) is 0 Å². The van der Waals surface area contributed by atoms with Crippen molar-refractivity contribution in [1.29, 1.82) is 0 Å². The second-order valence-corrected chi connectivity index (χ2v) is 5.26. The molecule has 0 radical (unpaired) electrons. The van der Waals surface area contributed by atoms with Crippen molar-refractivity contribution in [3.05, 3.63) is 12.1 Å². The average Bonchev–Trinajstić information content (AvgIpc) is 2.34. The number of rotatable bonds is 7. The SMILES string of the molecule is O=S(=O)([O-])C(F)(F)C(F)(F)OC(F)(C(F)(F)F)C(F)(F)OC(F)=C(F)F.[Li+]. The molecule has 0 aliphatic heterocycles. The van der Waals surface area contributed by atoms with Gasteiger partial charge in [0.15, 0.2) is 10.1 Å². The molecule has 0 amide bonds. The van der Waals surface area contributed by atoms with E-state index in [-0.39, 0.29) is 18.9 Å². The van der Waals surface area contributed by atoms with Gasteiger partial charge in [0.25, 0.3) is 0 Å². The Balaban J connectivity index is 0. The van der Waals surface area contributed by atoms with Gasteiger partial charge in [0.2, 0.25) is 0 Å². The Morgan fingerprint density at radius 2 is 1.15 bits per heavy atom. The van der Waals surface area contributed by atoms with E-state index in [1.807, 2.05) is 4.74 Å².